The minimum absolute atomic E-state index is 0.312. The third kappa shape index (κ3) is 2.88. The molecule has 1 fully saturated rings. The summed E-state index contributed by atoms with van der Waals surface area (Å²) in [5.74, 6) is 0.947. The van der Waals surface area contributed by atoms with Crippen molar-refractivity contribution in [3.8, 4) is 0 Å². The van der Waals surface area contributed by atoms with Gasteiger partial charge in [0.15, 0.2) is 0 Å². The van der Waals surface area contributed by atoms with Crippen molar-refractivity contribution in [2.24, 2.45) is 5.41 Å². The van der Waals surface area contributed by atoms with Crippen LogP contribution in [0.2, 0.25) is 5.02 Å². The van der Waals surface area contributed by atoms with Crippen LogP contribution in [0, 0.1) is 19.3 Å². The summed E-state index contributed by atoms with van der Waals surface area (Å²) in [4.78, 5) is 0. The second-order valence-corrected chi connectivity index (χ2v) is 6.41. The number of halogens is 1. The van der Waals surface area contributed by atoms with Gasteiger partial charge in [0.05, 0.1) is 16.4 Å². The van der Waals surface area contributed by atoms with Gasteiger partial charge >= 0.3 is 0 Å². The topological polar surface area (TPSA) is 17.8 Å². The van der Waals surface area contributed by atoms with E-state index in [0.717, 1.165) is 28.7 Å². The van der Waals surface area contributed by atoms with Crippen LogP contribution in [-0.2, 0) is 6.54 Å². The van der Waals surface area contributed by atoms with E-state index in [4.69, 9.17) is 11.6 Å². The molecule has 2 nitrogen and oxygen atoms in total. The van der Waals surface area contributed by atoms with Gasteiger partial charge in [0.1, 0.15) is 0 Å². The molecule has 18 heavy (non-hydrogen) atoms. The summed E-state index contributed by atoms with van der Waals surface area (Å²) in [5, 5.41) is 5.40. The Kier molecular flexibility index (Phi) is 4.65. The highest BCUT2D eigenvalue weighted by Gasteiger charge is 2.31. The van der Waals surface area contributed by atoms with Crippen LogP contribution in [0.5, 0.6) is 0 Å². The fourth-order valence-electron chi connectivity index (χ4n) is 2.99. The van der Waals surface area contributed by atoms with Gasteiger partial charge in [0.2, 0.25) is 0 Å². The van der Waals surface area contributed by atoms with Gasteiger partial charge in [-0.2, -0.15) is 17.7 Å². The smallest absolute Gasteiger partial charge is 0.0844 e. The van der Waals surface area contributed by atoms with Crippen LogP contribution in [0.1, 0.15) is 49.9 Å². The van der Waals surface area contributed by atoms with Crippen molar-refractivity contribution in [1.29, 1.82) is 0 Å². The summed E-state index contributed by atoms with van der Waals surface area (Å²) < 4.78 is 2.10. The molecular weight excluding hydrogens is 264 g/mol. The van der Waals surface area contributed by atoms with E-state index in [1.807, 2.05) is 6.92 Å². The maximum atomic E-state index is 6.23. The third-order valence-electron chi connectivity index (χ3n) is 4.28. The number of hydrogen-bond acceptors (Lipinski definition) is 2. The highest BCUT2D eigenvalue weighted by molar-refractivity contribution is 7.80. The lowest BCUT2D eigenvalue weighted by molar-refractivity contribution is 0.228. The van der Waals surface area contributed by atoms with Gasteiger partial charge in [-0.1, -0.05) is 37.3 Å². The Labute approximate surface area is 121 Å². The normalized spacial score (nSPS) is 19.8. The van der Waals surface area contributed by atoms with Gasteiger partial charge < -0.3 is 0 Å². The molecule has 1 aliphatic carbocycles. The zero-order chi connectivity index (χ0) is 13.2. The molecule has 0 unspecified atom stereocenters. The van der Waals surface area contributed by atoms with E-state index >= 15 is 0 Å². The van der Waals surface area contributed by atoms with Crippen LogP contribution in [0.3, 0.4) is 0 Å². The first kappa shape index (κ1) is 14.3. The maximum absolute atomic E-state index is 6.23. The van der Waals surface area contributed by atoms with E-state index in [1.54, 1.807) is 0 Å². The number of hydrogen-bond donors (Lipinski definition) is 1. The Balaban J connectivity index is 2.20. The SMILES string of the molecule is Cc1nn(CC2(CS)CCCCCC2)c(C)c1Cl. The highest BCUT2D eigenvalue weighted by Crippen LogP contribution is 2.38. The summed E-state index contributed by atoms with van der Waals surface area (Å²) >= 11 is 10.9. The lowest BCUT2D eigenvalue weighted by atomic mass is 9.82. The molecule has 2 rings (SSSR count). The lowest BCUT2D eigenvalue weighted by Gasteiger charge is -2.31. The lowest BCUT2D eigenvalue weighted by Crippen LogP contribution is -2.29. The van der Waals surface area contributed by atoms with E-state index in [-0.39, 0.29) is 0 Å². The number of rotatable bonds is 3. The van der Waals surface area contributed by atoms with E-state index in [0.29, 0.717) is 5.41 Å². The van der Waals surface area contributed by atoms with Crippen molar-refractivity contribution >= 4 is 24.2 Å². The van der Waals surface area contributed by atoms with Gasteiger partial charge in [-0.25, -0.2) is 0 Å². The summed E-state index contributed by atoms with van der Waals surface area (Å²) in [6, 6.07) is 0. The molecule has 0 radical (unpaired) electrons. The minimum atomic E-state index is 0.312. The Hall–Kier alpha value is -0.150. The van der Waals surface area contributed by atoms with Crippen molar-refractivity contribution in [3.63, 3.8) is 0 Å². The standard InChI is InChI=1S/C14H23ClN2S/c1-11-13(15)12(2)17(16-11)9-14(10-18)7-5-3-4-6-8-14/h18H,3-10H2,1-2H3. The maximum Gasteiger partial charge on any atom is 0.0844 e. The van der Waals surface area contributed by atoms with Crippen LogP contribution in [0.25, 0.3) is 0 Å². The molecule has 0 spiro atoms. The molecule has 0 amide bonds. The van der Waals surface area contributed by atoms with Crippen LogP contribution >= 0.6 is 24.2 Å². The fraction of sp³-hybridized carbons (Fsp3) is 0.786. The number of aromatic nitrogens is 2. The van der Waals surface area contributed by atoms with Crippen LogP contribution < -0.4 is 0 Å². The molecule has 4 heteroatoms. The Morgan fingerprint density at radius 2 is 1.83 bits per heavy atom. The van der Waals surface area contributed by atoms with Crippen molar-refractivity contribution in [3.05, 3.63) is 16.4 Å². The summed E-state index contributed by atoms with van der Waals surface area (Å²) in [6.45, 7) is 5.01. The largest absolute Gasteiger partial charge is 0.267 e. The average Bonchev–Trinajstić information content (AvgIpc) is 2.59. The van der Waals surface area contributed by atoms with Gasteiger partial charge in [0.25, 0.3) is 0 Å². The minimum Gasteiger partial charge on any atom is -0.267 e. The predicted octanol–water partition coefficient (Wildman–Crippen LogP) is 4.42. The molecule has 0 N–H and O–H groups in total. The van der Waals surface area contributed by atoms with Gasteiger partial charge in [-0.05, 0) is 37.9 Å². The summed E-state index contributed by atoms with van der Waals surface area (Å²) in [7, 11) is 0. The van der Waals surface area contributed by atoms with Crippen molar-refractivity contribution in [2.75, 3.05) is 5.75 Å². The Morgan fingerprint density at radius 1 is 1.22 bits per heavy atom. The third-order valence-corrected chi connectivity index (χ3v) is 5.50. The van der Waals surface area contributed by atoms with Crippen molar-refractivity contribution < 1.29 is 0 Å². The number of thiol groups is 1. The molecule has 1 saturated carbocycles. The van der Waals surface area contributed by atoms with Crippen LogP contribution in [0.4, 0.5) is 0 Å². The predicted molar refractivity (Wildman–Crippen MR) is 80.7 cm³/mol. The van der Waals surface area contributed by atoms with Crippen LogP contribution in [0.15, 0.2) is 0 Å². The van der Waals surface area contributed by atoms with E-state index in [9.17, 15) is 0 Å². The van der Waals surface area contributed by atoms with Crippen molar-refractivity contribution in [2.45, 2.75) is 58.9 Å². The number of nitrogens with zero attached hydrogens (tertiary/aromatic N) is 2. The average molecular weight is 287 g/mol. The monoisotopic (exact) mass is 286 g/mol. The Morgan fingerprint density at radius 3 is 2.28 bits per heavy atom. The first-order valence-electron chi connectivity index (χ1n) is 6.88. The summed E-state index contributed by atoms with van der Waals surface area (Å²) in [5.41, 5.74) is 2.35. The zero-order valence-electron chi connectivity index (χ0n) is 11.4. The molecule has 1 aromatic heterocycles. The molecule has 0 atom stereocenters. The highest BCUT2D eigenvalue weighted by atomic mass is 35.5. The molecular formula is C14H23ClN2S. The van der Waals surface area contributed by atoms with Gasteiger partial charge in [-0.3, -0.25) is 4.68 Å². The molecule has 1 heterocycles. The fourth-order valence-corrected chi connectivity index (χ4v) is 3.54. The van der Waals surface area contributed by atoms with Gasteiger partial charge in [0, 0.05) is 6.54 Å². The molecule has 1 aromatic rings. The Bertz CT molecular complexity index is 406. The molecule has 1 aliphatic rings. The van der Waals surface area contributed by atoms with Crippen molar-refractivity contribution in [1.82, 2.24) is 9.78 Å². The quantitative estimate of drug-likeness (QED) is 0.643. The molecule has 102 valence electrons. The van der Waals surface area contributed by atoms with Gasteiger partial charge in [-0.15, -0.1) is 0 Å². The zero-order valence-corrected chi connectivity index (χ0v) is 13.0. The van der Waals surface area contributed by atoms with E-state index < -0.39 is 0 Å². The van der Waals surface area contributed by atoms with Crippen LogP contribution in [-0.4, -0.2) is 15.5 Å². The molecule has 0 aliphatic heterocycles. The molecule has 0 bridgehead atoms. The second-order valence-electron chi connectivity index (χ2n) is 5.71. The van der Waals surface area contributed by atoms with E-state index in [1.165, 1.54) is 38.5 Å². The first-order chi connectivity index (χ1) is 8.58. The molecule has 0 aromatic carbocycles. The van der Waals surface area contributed by atoms with E-state index in [2.05, 4.69) is 29.3 Å². The number of aryl methyl sites for hydroxylation is 1. The summed E-state index contributed by atoms with van der Waals surface area (Å²) in [6.07, 6.45) is 7.93. The first-order valence-corrected chi connectivity index (χ1v) is 7.89. The molecule has 0 saturated heterocycles. The second kappa shape index (κ2) is 5.87.